The molecule has 2 atom stereocenters. The minimum atomic E-state index is -4.91. The maximum Gasteiger partial charge on any atom is 0.419 e. The Balaban J connectivity index is 3.11. The second kappa shape index (κ2) is 5.87. The molecule has 0 saturated carbocycles. The number of aliphatic hydroxyl groups is 2. The first-order valence-corrected chi connectivity index (χ1v) is 5.01. The van der Waals surface area contributed by atoms with E-state index in [2.05, 4.69) is 10.0 Å². The SMILES string of the molecule is [N-]=[N+]=NCC(O)C(O)c1cccc(C(F)(F)F)c1F. The lowest BCUT2D eigenvalue weighted by Crippen LogP contribution is -2.23. The van der Waals surface area contributed by atoms with Gasteiger partial charge in [-0.3, -0.25) is 0 Å². The average Bonchev–Trinajstić information content (AvgIpc) is 2.34. The zero-order valence-electron chi connectivity index (χ0n) is 9.34. The van der Waals surface area contributed by atoms with E-state index in [-0.39, 0.29) is 0 Å². The van der Waals surface area contributed by atoms with Crippen LogP contribution in [0.4, 0.5) is 17.6 Å². The van der Waals surface area contributed by atoms with Crippen LogP contribution in [-0.2, 0) is 6.18 Å². The van der Waals surface area contributed by atoms with Crippen LogP contribution in [0.3, 0.4) is 0 Å². The zero-order valence-corrected chi connectivity index (χ0v) is 9.34. The first-order valence-electron chi connectivity index (χ1n) is 5.01. The highest BCUT2D eigenvalue weighted by Gasteiger charge is 2.36. The average molecular weight is 279 g/mol. The second-order valence-electron chi connectivity index (χ2n) is 3.63. The molecule has 0 spiro atoms. The number of aliphatic hydroxyl groups excluding tert-OH is 2. The topological polar surface area (TPSA) is 89.2 Å². The van der Waals surface area contributed by atoms with Crippen LogP contribution in [-0.4, -0.2) is 22.9 Å². The third kappa shape index (κ3) is 3.57. The molecule has 104 valence electrons. The Bertz CT molecular complexity index is 500. The van der Waals surface area contributed by atoms with Crippen molar-refractivity contribution in [3.05, 3.63) is 45.6 Å². The summed E-state index contributed by atoms with van der Waals surface area (Å²) in [6, 6.07) is 2.34. The van der Waals surface area contributed by atoms with Crippen LogP contribution in [0.2, 0.25) is 0 Å². The van der Waals surface area contributed by atoms with Gasteiger partial charge in [0.05, 0.1) is 18.2 Å². The fraction of sp³-hybridized carbons (Fsp3) is 0.400. The molecule has 5 nitrogen and oxygen atoms in total. The lowest BCUT2D eigenvalue weighted by atomic mass is 10.0. The quantitative estimate of drug-likeness (QED) is 0.384. The van der Waals surface area contributed by atoms with Crippen LogP contribution in [0.15, 0.2) is 23.3 Å². The summed E-state index contributed by atoms with van der Waals surface area (Å²) < 4.78 is 50.9. The molecule has 0 heterocycles. The Morgan fingerprint density at radius 3 is 2.47 bits per heavy atom. The largest absolute Gasteiger partial charge is 0.419 e. The van der Waals surface area contributed by atoms with E-state index < -0.39 is 41.9 Å². The van der Waals surface area contributed by atoms with Crippen molar-refractivity contribution in [2.45, 2.75) is 18.4 Å². The lowest BCUT2D eigenvalue weighted by Gasteiger charge is -2.18. The van der Waals surface area contributed by atoms with Crippen LogP contribution in [0.1, 0.15) is 17.2 Å². The Morgan fingerprint density at radius 2 is 1.95 bits per heavy atom. The maximum atomic E-state index is 13.6. The van der Waals surface area contributed by atoms with Gasteiger partial charge in [-0.1, -0.05) is 17.2 Å². The third-order valence-electron chi connectivity index (χ3n) is 2.35. The summed E-state index contributed by atoms with van der Waals surface area (Å²) in [5.74, 6) is -1.66. The highest BCUT2D eigenvalue weighted by molar-refractivity contribution is 5.30. The molecule has 1 aromatic carbocycles. The van der Waals surface area contributed by atoms with Crippen LogP contribution in [0.5, 0.6) is 0 Å². The Morgan fingerprint density at radius 1 is 1.32 bits per heavy atom. The molecule has 0 aromatic heterocycles. The number of nitrogens with zero attached hydrogens (tertiary/aromatic N) is 3. The van der Waals surface area contributed by atoms with Gasteiger partial charge < -0.3 is 10.2 Å². The number of hydrogen-bond donors (Lipinski definition) is 2. The summed E-state index contributed by atoms with van der Waals surface area (Å²) in [5.41, 5.74) is 5.76. The Labute approximate surface area is 104 Å². The molecule has 2 N–H and O–H groups in total. The van der Waals surface area contributed by atoms with Gasteiger partial charge in [-0.25, -0.2) is 4.39 Å². The number of halogens is 4. The smallest absolute Gasteiger partial charge is 0.390 e. The van der Waals surface area contributed by atoms with Gasteiger partial charge in [0, 0.05) is 10.5 Å². The van der Waals surface area contributed by atoms with Gasteiger partial charge in [-0.05, 0) is 11.6 Å². The van der Waals surface area contributed by atoms with Crippen molar-refractivity contribution in [3.8, 4) is 0 Å². The predicted octanol–water partition coefficient (Wildman–Crippen LogP) is 2.55. The zero-order chi connectivity index (χ0) is 14.6. The van der Waals surface area contributed by atoms with Crippen molar-refractivity contribution in [3.63, 3.8) is 0 Å². The van der Waals surface area contributed by atoms with Crippen LogP contribution in [0, 0.1) is 5.82 Å². The van der Waals surface area contributed by atoms with E-state index in [1.165, 1.54) is 0 Å². The molecule has 1 aromatic rings. The number of hydrogen-bond acceptors (Lipinski definition) is 3. The van der Waals surface area contributed by atoms with Crippen molar-refractivity contribution in [2.75, 3.05) is 6.54 Å². The summed E-state index contributed by atoms with van der Waals surface area (Å²) >= 11 is 0. The van der Waals surface area contributed by atoms with E-state index in [9.17, 15) is 27.8 Å². The van der Waals surface area contributed by atoms with Gasteiger partial charge in [-0.2, -0.15) is 13.2 Å². The molecule has 0 aliphatic heterocycles. The van der Waals surface area contributed by atoms with Gasteiger partial charge in [0.1, 0.15) is 11.9 Å². The fourth-order valence-corrected chi connectivity index (χ4v) is 1.42. The van der Waals surface area contributed by atoms with Crippen LogP contribution >= 0.6 is 0 Å². The van der Waals surface area contributed by atoms with E-state index in [1.54, 1.807) is 0 Å². The molecular formula is C10H9F4N3O2. The number of rotatable bonds is 4. The predicted molar refractivity (Wildman–Crippen MR) is 56.4 cm³/mol. The van der Waals surface area contributed by atoms with Crippen molar-refractivity contribution in [1.82, 2.24) is 0 Å². The number of benzene rings is 1. The van der Waals surface area contributed by atoms with E-state index >= 15 is 0 Å². The molecule has 0 saturated heterocycles. The highest BCUT2D eigenvalue weighted by Crippen LogP contribution is 2.34. The molecule has 0 fully saturated rings. The van der Waals surface area contributed by atoms with Crippen molar-refractivity contribution in [2.24, 2.45) is 5.11 Å². The third-order valence-corrected chi connectivity index (χ3v) is 2.35. The Kier molecular flexibility index (Phi) is 4.71. The standard InChI is InChI=1S/C10H9F4N3O2/c11-8-5(9(19)7(18)4-16-17-15)2-1-3-6(8)10(12,13)14/h1-3,7,9,18-19H,4H2. The van der Waals surface area contributed by atoms with Gasteiger partial charge >= 0.3 is 6.18 Å². The molecule has 0 aliphatic rings. The maximum absolute atomic E-state index is 13.6. The van der Waals surface area contributed by atoms with Gasteiger partial charge in [0.2, 0.25) is 0 Å². The fourth-order valence-electron chi connectivity index (χ4n) is 1.42. The van der Waals surface area contributed by atoms with Gasteiger partial charge in [-0.15, -0.1) is 0 Å². The molecule has 19 heavy (non-hydrogen) atoms. The summed E-state index contributed by atoms with van der Waals surface area (Å²) in [6.07, 6.45) is -8.53. The van der Waals surface area contributed by atoms with Crippen LogP contribution < -0.4 is 0 Å². The molecular weight excluding hydrogens is 270 g/mol. The number of azide groups is 1. The first kappa shape index (κ1) is 15.2. The highest BCUT2D eigenvalue weighted by atomic mass is 19.4. The lowest BCUT2D eigenvalue weighted by molar-refractivity contribution is -0.140. The minimum absolute atomic E-state index is 0.519. The first-order chi connectivity index (χ1) is 8.79. The molecule has 1 rings (SSSR count). The Hall–Kier alpha value is -1.83. The summed E-state index contributed by atoms with van der Waals surface area (Å²) in [6.45, 7) is -0.590. The van der Waals surface area contributed by atoms with Gasteiger partial charge in [0.15, 0.2) is 0 Å². The summed E-state index contributed by atoms with van der Waals surface area (Å²) in [4.78, 5) is 2.31. The molecule has 0 amide bonds. The minimum Gasteiger partial charge on any atom is -0.390 e. The molecule has 9 heteroatoms. The second-order valence-corrected chi connectivity index (χ2v) is 3.63. The van der Waals surface area contributed by atoms with Gasteiger partial charge in [0.25, 0.3) is 0 Å². The van der Waals surface area contributed by atoms with Crippen LogP contribution in [0.25, 0.3) is 10.4 Å². The molecule has 0 aliphatic carbocycles. The van der Waals surface area contributed by atoms with E-state index in [1.807, 2.05) is 0 Å². The summed E-state index contributed by atoms with van der Waals surface area (Å²) in [7, 11) is 0. The normalized spacial score (nSPS) is 14.6. The van der Waals surface area contributed by atoms with E-state index in [0.717, 1.165) is 12.1 Å². The molecule has 0 bridgehead atoms. The monoisotopic (exact) mass is 279 g/mol. The molecule has 2 unspecified atom stereocenters. The van der Waals surface area contributed by atoms with E-state index in [0.29, 0.717) is 6.07 Å². The van der Waals surface area contributed by atoms with Crippen molar-refractivity contribution in [1.29, 1.82) is 0 Å². The van der Waals surface area contributed by atoms with Crippen molar-refractivity contribution >= 4 is 0 Å². The van der Waals surface area contributed by atoms with Crippen molar-refractivity contribution < 1.29 is 27.8 Å². The number of alkyl halides is 3. The van der Waals surface area contributed by atoms with E-state index in [4.69, 9.17) is 5.53 Å². The summed E-state index contributed by atoms with van der Waals surface area (Å²) in [5, 5.41) is 21.8. The molecule has 0 radical (unpaired) electrons.